The molecule has 5 nitrogen and oxygen atoms in total. The molecular weight excluding hydrogens is 280 g/mol. The number of carbonyl (C=O) groups excluding carboxylic acids is 2. The highest BCUT2D eigenvalue weighted by molar-refractivity contribution is 6.00. The number of hydrogen-bond donors (Lipinski definition) is 1. The van der Waals surface area contributed by atoms with Crippen molar-refractivity contribution in [1.82, 2.24) is 5.32 Å². The number of nitrogens with one attached hydrogen (secondary N) is 1. The molecule has 0 bridgehead atoms. The lowest BCUT2D eigenvalue weighted by Crippen LogP contribution is -2.40. The van der Waals surface area contributed by atoms with Crippen molar-refractivity contribution in [2.45, 2.75) is 33.2 Å². The summed E-state index contributed by atoms with van der Waals surface area (Å²) in [4.78, 5) is 26.1. The van der Waals surface area contributed by atoms with Crippen LogP contribution in [0.15, 0.2) is 24.3 Å². The Bertz CT molecular complexity index is 539. The van der Waals surface area contributed by atoms with Crippen LogP contribution in [0.5, 0.6) is 5.75 Å². The van der Waals surface area contributed by atoms with Crippen LogP contribution >= 0.6 is 0 Å². The number of amides is 2. The number of anilines is 1. The molecule has 1 aliphatic heterocycles. The quantitative estimate of drug-likeness (QED) is 0.907. The molecule has 1 aromatic rings. The Labute approximate surface area is 131 Å². The number of hydrogen-bond acceptors (Lipinski definition) is 3. The second-order valence-corrected chi connectivity index (χ2v) is 6.14. The first-order valence-electron chi connectivity index (χ1n) is 7.67. The van der Waals surface area contributed by atoms with Gasteiger partial charge in [-0.25, -0.2) is 0 Å². The molecule has 0 aliphatic carbocycles. The topological polar surface area (TPSA) is 58.6 Å². The first-order chi connectivity index (χ1) is 10.4. The number of ether oxygens (including phenoxy) is 1. The zero-order valence-electron chi connectivity index (χ0n) is 13.6. The van der Waals surface area contributed by atoms with Crippen molar-refractivity contribution in [3.8, 4) is 5.75 Å². The van der Waals surface area contributed by atoms with Crippen LogP contribution in [0.25, 0.3) is 0 Å². The predicted octanol–water partition coefficient (Wildman–Crippen LogP) is 2.21. The number of methoxy groups -OCH3 is 1. The summed E-state index contributed by atoms with van der Waals surface area (Å²) in [7, 11) is 1.60. The second kappa shape index (κ2) is 6.81. The number of carbonyl (C=O) groups is 2. The minimum Gasteiger partial charge on any atom is -0.497 e. The van der Waals surface area contributed by atoms with Gasteiger partial charge in [0, 0.05) is 24.7 Å². The van der Waals surface area contributed by atoms with E-state index in [0.717, 1.165) is 11.4 Å². The van der Waals surface area contributed by atoms with E-state index in [1.54, 1.807) is 12.0 Å². The molecule has 1 aliphatic rings. The van der Waals surface area contributed by atoms with Gasteiger partial charge in [0.15, 0.2) is 0 Å². The van der Waals surface area contributed by atoms with Crippen LogP contribution < -0.4 is 15.0 Å². The fourth-order valence-electron chi connectivity index (χ4n) is 2.40. The van der Waals surface area contributed by atoms with Gasteiger partial charge in [-0.1, -0.05) is 13.8 Å². The molecular formula is C17H24N2O3. The molecule has 2 atom stereocenters. The number of nitrogens with zero attached hydrogens (tertiary/aromatic N) is 1. The van der Waals surface area contributed by atoms with Crippen LogP contribution in [0, 0.1) is 11.8 Å². The normalized spacial score (nSPS) is 19.4. The van der Waals surface area contributed by atoms with E-state index in [0.29, 0.717) is 12.5 Å². The molecule has 0 spiro atoms. The van der Waals surface area contributed by atoms with E-state index in [1.807, 2.05) is 31.2 Å². The largest absolute Gasteiger partial charge is 0.497 e. The van der Waals surface area contributed by atoms with Crippen LogP contribution in [-0.2, 0) is 9.59 Å². The summed E-state index contributed by atoms with van der Waals surface area (Å²) >= 11 is 0. The molecule has 120 valence electrons. The smallest absolute Gasteiger partial charge is 0.227 e. The summed E-state index contributed by atoms with van der Waals surface area (Å²) in [6.45, 7) is 6.55. The lowest BCUT2D eigenvalue weighted by atomic mass is 10.0. The minimum atomic E-state index is -0.282. The van der Waals surface area contributed by atoms with E-state index in [2.05, 4.69) is 19.2 Å². The van der Waals surface area contributed by atoms with Crippen molar-refractivity contribution >= 4 is 17.5 Å². The molecule has 0 saturated carbocycles. The van der Waals surface area contributed by atoms with Crippen LogP contribution in [0.3, 0.4) is 0 Å². The molecule has 1 N–H and O–H groups in total. The van der Waals surface area contributed by atoms with Crippen LogP contribution in [0.1, 0.15) is 27.2 Å². The van der Waals surface area contributed by atoms with Gasteiger partial charge in [-0.05, 0) is 37.1 Å². The van der Waals surface area contributed by atoms with Gasteiger partial charge >= 0.3 is 0 Å². The lowest BCUT2D eigenvalue weighted by molar-refractivity contribution is -0.127. The fraction of sp³-hybridized carbons (Fsp3) is 0.529. The van der Waals surface area contributed by atoms with Crippen molar-refractivity contribution in [2.75, 3.05) is 18.6 Å². The van der Waals surface area contributed by atoms with Gasteiger partial charge in [0.1, 0.15) is 5.75 Å². The summed E-state index contributed by atoms with van der Waals surface area (Å²) in [6.07, 6.45) is 0.267. The maximum absolute atomic E-state index is 12.3. The van der Waals surface area contributed by atoms with E-state index in [9.17, 15) is 9.59 Å². The third-order valence-electron chi connectivity index (χ3n) is 4.25. The Morgan fingerprint density at radius 3 is 2.45 bits per heavy atom. The number of rotatable bonds is 5. The zero-order chi connectivity index (χ0) is 16.3. The van der Waals surface area contributed by atoms with Crippen molar-refractivity contribution in [2.24, 2.45) is 11.8 Å². The van der Waals surface area contributed by atoms with Crippen molar-refractivity contribution in [3.63, 3.8) is 0 Å². The molecule has 2 amide bonds. The highest BCUT2D eigenvalue weighted by Gasteiger charge is 2.35. The van der Waals surface area contributed by atoms with Crippen molar-refractivity contribution < 1.29 is 14.3 Å². The molecule has 1 fully saturated rings. The molecule has 0 aromatic heterocycles. The van der Waals surface area contributed by atoms with Crippen LogP contribution in [0.4, 0.5) is 5.69 Å². The molecule has 22 heavy (non-hydrogen) atoms. The molecule has 2 unspecified atom stereocenters. The van der Waals surface area contributed by atoms with E-state index in [-0.39, 0.29) is 30.2 Å². The van der Waals surface area contributed by atoms with Crippen molar-refractivity contribution in [1.29, 1.82) is 0 Å². The Morgan fingerprint density at radius 2 is 1.91 bits per heavy atom. The maximum Gasteiger partial charge on any atom is 0.227 e. The Hall–Kier alpha value is -2.04. The fourth-order valence-corrected chi connectivity index (χ4v) is 2.40. The molecule has 1 heterocycles. The van der Waals surface area contributed by atoms with Gasteiger partial charge in [-0.15, -0.1) is 0 Å². The Morgan fingerprint density at radius 1 is 1.27 bits per heavy atom. The first-order valence-corrected chi connectivity index (χ1v) is 7.67. The monoisotopic (exact) mass is 304 g/mol. The highest BCUT2D eigenvalue weighted by Crippen LogP contribution is 2.27. The summed E-state index contributed by atoms with van der Waals surface area (Å²) < 4.78 is 5.12. The van der Waals surface area contributed by atoms with E-state index in [4.69, 9.17) is 4.74 Å². The highest BCUT2D eigenvalue weighted by atomic mass is 16.5. The zero-order valence-corrected chi connectivity index (χ0v) is 13.6. The maximum atomic E-state index is 12.3. The molecule has 2 rings (SSSR count). The summed E-state index contributed by atoms with van der Waals surface area (Å²) in [6, 6.07) is 7.42. The Kier molecular flexibility index (Phi) is 5.06. The van der Waals surface area contributed by atoms with E-state index >= 15 is 0 Å². The predicted molar refractivity (Wildman–Crippen MR) is 85.9 cm³/mol. The summed E-state index contributed by atoms with van der Waals surface area (Å²) in [5.41, 5.74) is 0.804. The lowest BCUT2D eigenvalue weighted by Gasteiger charge is -2.20. The van der Waals surface area contributed by atoms with Gasteiger partial charge in [-0.2, -0.15) is 0 Å². The van der Waals surface area contributed by atoms with E-state index < -0.39 is 0 Å². The summed E-state index contributed by atoms with van der Waals surface area (Å²) in [5, 5.41) is 2.99. The van der Waals surface area contributed by atoms with Gasteiger partial charge in [0.05, 0.1) is 13.0 Å². The summed E-state index contributed by atoms with van der Waals surface area (Å²) in [5.74, 6) is 0.790. The second-order valence-electron chi connectivity index (χ2n) is 6.14. The minimum absolute atomic E-state index is 0.0116. The molecule has 5 heteroatoms. The number of benzene rings is 1. The molecule has 1 aromatic carbocycles. The molecule has 0 radical (unpaired) electrons. The van der Waals surface area contributed by atoms with Crippen molar-refractivity contribution in [3.05, 3.63) is 24.3 Å². The first kappa shape index (κ1) is 16.3. The van der Waals surface area contributed by atoms with Gasteiger partial charge < -0.3 is 15.0 Å². The SMILES string of the molecule is COc1ccc(N2CC(C(=O)NC(C)C(C)C)CC2=O)cc1. The van der Waals surface area contributed by atoms with Crippen LogP contribution in [0.2, 0.25) is 0 Å². The Balaban J connectivity index is 2.02. The average molecular weight is 304 g/mol. The van der Waals surface area contributed by atoms with Gasteiger partial charge in [0.25, 0.3) is 0 Å². The standard InChI is InChI=1S/C17H24N2O3/c1-11(2)12(3)18-17(21)13-9-16(20)19(10-13)14-5-7-15(22-4)8-6-14/h5-8,11-13H,9-10H2,1-4H3,(H,18,21). The van der Waals surface area contributed by atoms with Gasteiger partial charge in [-0.3, -0.25) is 9.59 Å². The van der Waals surface area contributed by atoms with Gasteiger partial charge in [0.2, 0.25) is 11.8 Å². The average Bonchev–Trinajstić information content (AvgIpc) is 2.89. The third-order valence-corrected chi connectivity index (χ3v) is 4.25. The molecule has 1 saturated heterocycles. The third kappa shape index (κ3) is 3.59. The van der Waals surface area contributed by atoms with Crippen LogP contribution in [-0.4, -0.2) is 31.5 Å². The van der Waals surface area contributed by atoms with E-state index in [1.165, 1.54) is 0 Å².